The van der Waals surface area contributed by atoms with E-state index < -0.39 is 11.9 Å². The van der Waals surface area contributed by atoms with Gasteiger partial charge in [0.25, 0.3) is 0 Å². The highest BCUT2D eigenvalue weighted by Crippen LogP contribution is 2.19. The normalized spacial score (nSPS) is 20.3. The number of urea groups is 1. The highest BCUT2D eigenvalue weighted by atomic mass is 16.6. The van der Waals surface area contributed by atoms with Crippen LogP contribution in [-0.4, -0.2) is 77.2 Å². The number of hydrogen-bond acceptors (Lipinski definition) is 4. The van der Waals surface area contributed by atoms with Gasteiger partial charge in [-0.2, -0.15) is 0 Å². The minimum Gasteiger partial charge on any atom is -0.481 e. The number of benzene rings is 1. The minimum absolute atomic E-state index is 0.141. The fourth-order valence-corrected chi connectivity index (χ4v) is 3.44. The average molecular weight is 375 g/mol. The van der Waals surface area contributed by atoms with Crippen LogP contribution in [0.4, 0.5) is 9.59 Å². The Balaban J connectivity index is 1.44. The van der Waals surface area contributed by atoms with Gasteiger partial charge in [-0.3, -0.25) is 4.79 Å². The fourth-order valence-electron chi connectivity index (χ4n) is 3.44. The molecule has 1 N–H and O–H groups in total. The van der Waals surface area contributed by atoms with Crippen molar-refractivity contribution in [2.45, 2.75) is 19.4 Å². The first kappa shape index (κ1) is 19.0. The van der Waals surface area contributed by atoms with E-state index in [1.165, 1.54) is 0 Å². The second-order valence-corrected chi connectivity index (χ2v) is 6.92. The predicted molar refractivity (Wildman–Crippen MR) is 97.1 cm³/mol. The summed E-state index contributed by atoms with van der Waals surface area (Å²) in [5.74, 6) is -1.34. The Bertz CT molecular complexity index is 673. The second kappa shape index (κ2) is 8.75. The Morgan fingerprint density at radius 3 is 2.30 bits per heavy atom. The van der Waals surface area contributed by atoms with Gasteiger partial charge in [-0.25, -0.2) is 9.59 Å². The molecule has 2 aliphatic heterocycles. The number of aliphatic carboxylic acids is 1. The summed E-state index contributed by atoms with van der Waals surface area (Å²) in [5.41, 5.74) is 0.928. The number of carbonyl (C=O) groups excluding carboxylic acids is 2. The summed E-state index contributed by atoms with van der Waals surface area (Å²) in [6.45, 7) is 2.74. The summed E-state index contributed by atoms with van der Waals surface area (Å²) < 4.78 is 5.33. The third-order valence-corrected chi connectivity index (χ3v) is 5.05. The van der Waals surface area contributed by atoms with Gasteiger partial charge in [0.05, 0.1) is 5.92 Å². The van der Waals surface area contributed by atoms with E-state index in [1.807, 2.05) is 30.3 Å². The molecule has 146 valence electrons. The number of carboxylic acid groups (broad SMARTS) is 1. The third kappa shape index (κ3) is 4.90. The van der Waals surface area contributed by atoms with E-state index in [4.69, 9.17) is 9.84 Å². The van der Waals surface area contributed by atoms with Crippen LogP contribution in [0.25, 0.3) is 0 Å². The molecule has 1 aromatic carbocycles. The first-order chi connectivity index (χ1) is 13.0. The third-order valence-electron chi connectivity index (χ3n) is 5.05. The quantitative estimate of drug-likeness (QED) is 0.871. The Kier molecular flexibility index (Phi) is 6.16. The number of carbonyl (C=O) groups is 3. The maximum absolute atomic E-state index is 12.6. The first-order valence-corrected chi connectivity index (χ1v) is 9.27. The van der Waals surface area contributed by atoms with Crippen molar-refractivity contribution in [1.82, 2.24) is 14.7 Å². The number of amides is 3. The van der Waals surface area contributed by atoms with Crippen LogP contribution in [-0.2, 0) is 16.1 Å². The van der Waals surface area contributed by atoms with Crippen molar-refractivity contribution in [2.75, 3.05) is 39.3 Å². The molecule has 27 heavy (non-hydrogen) atoms. The van der Waals surface area contributed by atoms with Gasteiger partial charge < -0.3 is 24.5 Å². The van der Waals surface area contributed by atoms with Crippen LogP contribution < -0.4 is 0 Å². The van der Waals surface area contributed by atoms with Crippen molar-refractivity contribution >= 4 is 18.1 Å². The van der Waals surface area contributed by atoms with Crippen LogP contribution in [0, 0.1) is 5.92 Å². The molecule has 1 aromatic rings. The minimum atomic E-state index is -0.849. The van der Waals surface area contributed by atoms with Gasteiger partial charge in [-0.05, 0) is 18.4 Å². The van der Waals surface area contributed by atoms with Gasteiger partial charge in [0, 0.05) is 39.3 Å². The lowest BCUT2D eigenvalue weighted by molar-refractivity contribution is -0.143. The topological polar surface area (TPSA) is 90.4 Å². The van der Waals surface area contributed by atoms with Gasteiger partial charge in [-0.1, -0.05) is 30.3 Å². The van der Waals surface area contributed by atoms with E-state index in [0.29, 0.717) is 45.6 Å². The Morgan fingerprint density at radius 1 is 0.963 bits per heavy atom. The number of hydrogen-bond donors (Lipinski definition) is 1. The summed E-state index contributed by atoms with van der Waals surface area (Å²) in [6, 6.07) is 9.34. The second-order valence-electron chi connectivity index (χ2n) is 6.92. The molecular weight excluding hydrogens is 350 g/mol. The molecule has 3 rings (SSSR count). The molecule has 3 amide bonds. The maximum Gasteiger partial charge on any atom is 0.410 e. The van der Waals surface area contributed by atoms with Gasteiger partial charge in [0.15, 0.2) is 0 Å². The van der Waals surface area contributed by atoms with Crippen LogP contribution in [0.1, 0.15) is 18.4 Å². The molecule has 1 unspecified atom stereocenters. The van der Waals surface area contributed by atoms with E-state index in [2.05, 4.69) is 0 Å². The Labute approximate surface area is 158 Å². The SMILES string of the molecule is O=C(O)C1CCCN(C(=O)N2CCN(C(=O)OCc3ccccc3)CC2)C1. The van der Waals surface area contributed by atoms with Gasteiger partial charge in [-0.15, -0.1) is 0 Å². The van der Waals surface area contributed by atoms with Crippen LogP contribution in [0.15, 0.2) is 30.3 Å². The molecule has 0 spiro atoms. The zero-order valence-corrected chi connectivity index (χ0v) is 15.2. The van der Waals surface area contributed by atoms with Crippen LogP contribution in [0.3, 0.4) is 0 Å². The summed E-state index contributed by atoms with van der Waals surface area (Å²) in [6.07, 6.45) is 0.934. The lowest BCUT2D eigenvalue weighted by Gasteiger charge is -2.39. The maximum atomic E-state index is 12.6. The number of nitrogens with zero attached hydrogens (tertiary/aromatic N) is 3. The van der Waals surface area contributed by atoms with Gasteiger partial charge in [0.2, 0.25) is 0 Å². The summed E-state index contributed by atoms with van der Waals surface area (Å²) in [7, 11) is 0. The molecule has 0 aromatic heterocycles. The van der Waals surface area contributed by atoms with Gasteiger partial charge in [0.1, 0.15) is 6.61 Å². The molecule has 0 saturated carbocycles. The van der Waals surface area contributed by atoms with Crippen molar-refractivity contribution in [3.8, 4) is 0 Å². The molecule has 2 aliphatic rings. The van der Waals surface area contributed by atoms with Crippen molar-refractivity contribution in [3.63, 3.8) is 0 Å². The lowest BCUT2D eigenvalue weighted by Crippen LogP contribution is -2.55. The zero-order chi connectivity index (χ0) is 19.2. The largest absolute Gasteiger partial charge is 0.481 e. The predicted octanol–water partition coefficient (Wildman–Crippen LogP) is 1.86. The van der Waals surface area contributed by atoms with Crippen LogP contribution in [0.2, 0.25) is 0 Å². The Morgan fingerprint density at radius 2 is 1.63 bits per heavy atom. The van der Waals surface area contributed by atoms with Crippen LogP contribution >= 0.6 is 0 Å². The number of ether oxygens (including phenoxy) is 1. The van der Waals surface area contributed by atoms with E-state index >= 15 is 0 Å². The number of likely N-dealkylation sites (tertiary alicyclic amines) is 1. The Hall–Kier alpha value is -2.77. The standard InChI is InChI=1S/C19H25N3O5/c23-17(24)16-7-4-8-22(13-16)18(25)20-9-11-21(12-10-20)19(26)27-14-15-5-2-1-3-6-15/h1-3,5-6,16H,4,7-14H2,(H,23,24). The molecule has 0 aliphatic carbocycles. The molecule has 2 saturated heterocycles. The lowest BCUT2D eigenvalue weighted by atomic mass is 9.98. The number of piperidine rings is 1. The summed E-state index contributed by atoms with van der Waals surface area (Å²) in [4.78, 5) is 40.9. The number of rotatable bonds is 3. The van der Waals surface area contributed by atoms with E-state index in [1.54, 1.807) is 14.7 Å². The highest BCUT2D eigenvalue weighted by Gasteiger charge is 2.32. The molecule has 2 fully saturated rings. The van der Waals surface area contributed by atoms with E-state index in [-0.39, 0.29) is 25.3 Å². The van der Waals surface area contributed by atoms with Crippen LogP contribution in [0.5, 0.6) is 0 Å². The average Bonchev–Trinajstić information content (AvgIpc) is 2.72. The summed E-state index contributed by atoms with van der Waals surface area (Å²) >= 11 is 0. The molecule has 0 bridgehead atoms. The first-order valence-electron chi connectivity index (χ1n) is 9.27. The molecule has 8 heteroatoms. The summed E-state index contributed by atoms with van der Waals surface area (Å²) in [5, 5.41) is 9.17. The van der Waals surface area contributed by atoms with Crippen molar-refractivity contribution in [1.29, 1.82) is 0 Å². The molecule has 8 nitrogen and oxygen atoms in total. The number of carboxylic acids is 1. The van der Waals surface area contributed by atoms with Crippen molar-refractivity contribution < 1.29 is 24.2 Å². The highest BCUT2D eigenvalue weighted by molar-refractivity contribution is 5.77. The van der Waals surface area contributed by atoms with Gasteiger partial charge >= 0.3 is 18.1 Å². The number of piperazine rings is 1. The smallest absolute Gasteiger partial charge is 0.410 e. The molecular formula is C19H25N3O5. The molecule has 1 atom stereocenters. The monoisotopic (exact) mass is 375 g/mol. The van der Waals surface area contributed by atoms with Crippen molar-refractivity contribution in [2.24, 2.45) is 5.92 Å². The van der Waals surface area contributed by atoms with E-state index in [0.717, 1.165) is 5.56 Å². The van der Waals surface area contributed by atoms with Crippen molar-refractivity contribution in [3.05, 3.63) is 35.9 Å². The van der Waals surface area contributed by atoms with E-state index in [9.17, 15) is 14.4 Å². The zero-order valence-electron chi connectivity index (χ0n) is 15.2. The molecule has 2 heterocycles. The fraction of sp³-hybridized carbons (Fsp3) is 0.526. The molecule has 0 radical (unpaired) electrons.